The fourth-order valence-corrected chi connectivity index (χ4v) is 4.35. The van der Waals surface area contributed by atoms with Gasteiger partial charge in [0, 0.05) is 6.42 Å². The molecule has 1 saturated heterocycles. The van der Waals surface area contributed by atoms with Gasteiger partial charge in [-0.05, 0) is 54.0 Å². The van der Waals surface area contributed by atoms with Gasteiger partial charge in [-0.3, -0.25) is 9.69 Å². The molecule has 4 rings (SSSR count). The van der Waals surface area contributed by atoms with E-state index in [0.717, 1.165) is 28.9 Å². The highest BCUT2D eigenvalue weighted by Crippen LogP contribution is 2.35. The minimum Gasteiger partial charge on any atom is -0.490 e. The average molecular weight is 385 g/mol. The summed E-state index contributed by atoms with van der Waals surface area (Å²) in [6.07, 6.45) is 2.93. The zero-order valence-electron chi connectivity index (χ0n) is 14.1. The maximum absolute atomic E-state index is 13.0. The smallest absolute Gasteiger partial charge is 0.266 e. The molecular formula is C20H16FNO2S2. The molecule has 0 bridgehead atoms. The van der Waals surface area contributed by atoms with E-state index in [9.17, 15) is 9.18 Å². The molecule has 26 heavy (non-hydrogen) atoms. The van der Waals surface area contributed by atoms with Crippen molar-refractivity contribution in [2.24, 2.45) is 0 Å². The standard InChI is InChI=1S/C20H16FNO2S2/c1-12-8-15-9-14(4-7-17(15)24-12)10-18-19(23)22(20(25)26-18)11-13-2-5-16(21)6-3-13/h2-7,9-10,12H,8,11H2,1H3/b18-10-/t12-/m1/s1. The van der Waals surface area contributed by atoms with Crippen molar-refractivity contribution in [2.45, 2.75) is 26.0 Å². The van der Waals surface area contributed by atoms with Gasteiger partial charge in [0.15, 0.2) is 0 Å². The molecule has 0 N–H and O–H groups in total. The average Bonchev–Trinajstić information content (AvgIpc) is 3.10. The van der Waals surface area contributed by atoms with Crippen LogP contribution in [0.1, 0.15) is 23.6 Å². The van der Waals surface area contributed by atoms with E-state index in [4.69, 9.17) is 17.0 Å². The summed E-state index contributed by atoms with van der Waals surface area (Å²) < 4.78 is 19.3. The molecule has 2 aliphatic rings. The Morgan fingerprint density at radius 1 is 1.31 bits per heavy atom. The van der Waals surface area contributed by atoms with Gasteiger partial charge in [-0.2, -0.15) is 0 Å². The molecule has 0 spiro atoms. The van der Waals surface area contributed by atoms with Crippen molar-refractivity contribution < 1.29 is 13.9 Å². The molecule has 2 heterocycles. The number of fused-ring (bicyclic) bond motifs is 1. The number of amides is 1. The largest absolute Gasteiger partial charge is 0.490 e. The van der Waals surface area contributed by atoms with Crippen LogP contribution in [0.25, 0.3) is 6.08 Å². The second kappa shape index (κ2) is 6.85. The molecule has 3 nitrogen and oxygen atoms in total. The van der Waals surface area contributed by atoms with E-state index in [2.05, 4.69) is 6.07 Å². The van der Waals surface area contributed by atoms with Gasteiger partial charge in [-0.25, -0.2) is 4.39 Å². The Labute approximate surface area is 160 Å². The highest BCUT2D eigenvalue weighted by atomic mass is 32.2. The van der Waals surface area contributed by atoms with Gasteiger partial charge in [0.2, 0.25) is 0 Å². The molecule has 0 aliphatic carbocycles. The third-order valence-corrected chi connectivity index (χ3v) is 5.72. The van der Waals surface area contributed by atoms with Gasteiger partial charge in [0.1, 0.15) is 22.0 Å². The number of halogens is 1. The lowest BCUT2D eigenvalue weighted by atomic mass is 10.1. The molecule has 1 amide bonds. The van der Waals surface area contributed by atoms with Crippen LogP contribution < -0.4 is 4.74 Å². The number of thiocarbonyl (C=S) groups is 1. The molecular weight excluding hydrogens is 369 g/mol. The number of carbonyl (C=O) groups excluding carboxylic acids is 1. The van der Waals surface area contributed by atoms with Gasteiger partial charge >= 0.3 is 0 Å². The summed E-state index contributed by atoms with van der Waals surface area (Å²) in [5, 5.41) is 0. The molecule has 2 aromatic rings. The molecule has 0 unspecified atom stereocenters. The molecule has 1 fully saturated rings. The van der Waals surface area contributed by atoms with Crippen LogP contribution in [0.5, 0.6) is 5.75 Å². The fraction of sp³-hybridized carbons (Fsp3) is 0.200. The number of hydrogen-bond acceptors (Lipinski definition) is 4. The Hall–Kier alpha value is -2.18. The minimum absolute atomic E-state index is 0.116. The molecule has 6 heteroatoms. The van der Waals surface area contributed by atoms with Crippen LogP contribution in [-0.2, 0) is 17.8 Å². The summed E-state index contributed by atoms with van der Waals surface area (Å²) >= 11 is 6.66. The molecule has 0 radical (unpaired) electrons. The van der Waals surface area contributed by atoms with E-state index in [0.29, 0.717) is 15.8 Å². The molecule has 132 valence electrons. The Bertz CT molecular complexity index is 924. The number of thioether (sulfide) groups is 1. The zero-order valence-corrected chi connectivity index (χ0v) is 15.7. The summed E-state index contributed by atoms with van der Waals surface area (Å²) in [6, 6.07) is 12.1. The van der Waals surface area contributed by atoms with Crippen LogP contribution in [0.3, 0.4) is 0 Å². The molecule has 2 aromatic carbocycles. The van der Waals surface area contributed by atoms with Gasteiger partial charge in [0.25, 0.3) is 5.91 Å². The van der Waals surface area contributed by atoms with E-state index >= 15 is 0 Å². The quantitative estimate of drug-likeness (QED) is 0.573. The van der Waals surface area contributed by atoms with Gasteiger partial charge in [0.05, 0.1) is 11.4 Å². The molecule has 2 aliphatic heterocycles. The normalized spacial score (nSPS) is 20.6. The van der Waals surface area contributed by atoms with E-state index in [-0.39, 0.29) is 17.8 Å². The molecule has 0 aromatic heterocycles. The maximum Gasteiger partial charge on any atom is 0.266 e. The van der Waals surface area contributed by atoms with Crippen molar-refractivity contribution in [1.82, 2.24) is 4.90 Å². The fourth-order valence-electron chi connectivity index (χ4n) is 3.09. The zero-order chi connectivity index (χ0) is 18.3. The monoisotopic (exact) mass is 385 g/mol. The predicted octanol–water partition coefficient (Wildman–Crippen LogP) is 4.55. The summed E-state index contributed by atoms with van der Waals surface area (Å²) in [4.78, 5) is 14.9. The van der Waals surface area contributed by atoms with Gasteiger partial charge in [-0.15, -0.1) is 0 Å². The van der Waals surface area contributed by atoms with E-state index in [1.807, 2.05) is 25.1 Å². The minimum atomic E-state index is -0.297. The third kappa shape index (κ3) is 3.39. The van der Waals surface area contributed by atoms with Crippen LogP contribution in [0.15, 0.2) is 47.4 Å². The summed E-state index contributed by atoms with van der Waals surface area (Å²) in [5.41, 5.74) is 2.96. The first-order chi connectivity index (χ1) is 12.5. The topological polar surface area (TPSA) is 29.5 Å². The van der Waals surface area contributed by atoms with Crippen molar-refractivity contribution in [2.75, 3.05) is 0 Å². The Morgan fingerprint density at radius 2 is 2.08 bits per heavy atom. The Balaban J connectivity index is 1.54. The van der Waals surface area contributed by atoms with E-state index in [1.54, 1.807) is 17.0 Å². The van der Waals surface area contributed by atoms with Crippen LogP contribution in [0.2, 0.25) is 0 Å². The first kappa shape index (κ1) is 17.2. The van der Waals surface area contributed by atoms with Crippen molar-refractivity contribution in [3.05, 3.63) is 69.9 Å². The number of rotatable bonds is 3. The van der Waals surface area contributed by atoms with Gasteiger partial charge < -0.3 is 4.74 Å². The van der Waals surface area contributed by atoms with Crippen LogP contribution in [0.4, 0.5) is 4.39 Å². The lowest BCUT2D eigenvalue weighted by Crippen LogP contribution is -2.27. The van der Waals surface area contributed by atoms with Crippen LogP contribution >= 0.6 is 24.0 Å². The highest BCUT2D eigenvalue weighted by Gasteiger charge is 2.32. The SMILES string of the molecule is C[C@@H]1Cc2cc(/C=C3\SC(=S)N(Cc4ccc(F)cc4)C3=O)ccc2O1. The number of carbonyl (C=O) groups is 1. The van der Waals surface area contributed by atoms with Crippen molar-refractivity contribution in [1.29, 1.82) is 0 Å². The van der Waals surface area contributed by atoms with Crippen molar-refractivity contribution in [3.63, 3.8) is 0 Å². The summed E-state index contributed by atoms with van der Waals surface area (Å²) in [5.74, 6) is 0.502. The van der Waals surface area contributed by atoms with Crippen molar-refractivity contribution in [3.8, 4) is 5.75 Å². The lowest BCUT2D eigenvalue weighted by molar-refractivity contribution is -0.122. The first-order valence-corrected chi connectivity index (χ1v) is 9.51. The second-order valence-electron chi connectivity index (χ2n) is 6.39. The number of benzene rings is 2. The van der Waals surface area contributed by atoms with Gasteiger partial charge in [-0.1, -0.05) is 42.2 Å². The number of ether oxygens (including phenoxy) is 1. The second-order valence-corrected chi connectivity index (χ2v) is 8.07. The Kier molecular flexibility index (Phi) is 4.54. The number of hydrogen-bond donors (Lipinski definition) is 0. The van der Waals surface area contributed by atoms with Crippen molar-refractivity contribution >= 4 is 40.3 Å². The third-order valence-electron chi connectivity index (χ3n) is 4.35. The predicted molar refractivity (Wildman–Crippen MR) is 105 cm³/mol. The first-order valence-electron chi connectivity index (χ1n) is 8.29. The Morgan fingerprint density at radius 3 is 2.85 bits per heavy atom. The molecule has 0 saturated carbocycles. The lowest BCUT2D eigenvalue weighted by Gasteiger charge is -2.14. The van der Waals surface area contributed by atoms with E-state index in [1.165, 1.54) is 23.9 Å². The molecule has 1 atom stereocenters. The van der Waals surface area contributed by atoms with Crippen LogP contribution in [-0.4, -0.2) is 21.2 Å². The highest BCUT2D eigenvalue weighted by molar-refractivity contribution is 8.26. The van der Waals surface area contributed by atoms with E-state index < -0.39 is 0 Å². The number of nitrogens with zero attached hydrogens (tertiary/aromatic N) is 1. The van der Waals surface area contributed by atoms with Crippen LogP contribution in [0, 0.1) is 5.82 Å². The maximum atomic E-state index is 13.0. The summed E-state index contributed by atoms with van der Waals surface area (Å²) in [6.45, 7) is 2.39. The summed E-state index contributed by atoms with van der Waals surface area (Å²) in [7, 11) is 0.